The van der Waals surface area contributed by atoms with Gasteiger partial charge in [-0.25, -0.2) is 0 Å². The fraction of sp³-hybridized carbons (Fsp3) is 0.278. The van der Waals surface area contributed by atoms with Crippen LogP contribution in [0.2, 0.25) is 0 Å². The van der Waals surface area contributed by atoms with Crippen LogP contribution < -0.4 is 9.47 Å². The monoisotopic (exact) mass is 316 g/mol. The number of methoxy groups -OCH3 is 2. The Bertz CT molecular complexity index is 709. The zero-order valence-electron chi connectivity index (χ0n) is 13.4. The molecule has 0 saturated heterocycles. The molecular formula is C18H20O5. The number of phenols is 1. The number of hydrogen-bond donors (Lipinski definition) is 2. The summed E-state index contributed by atoms with van der Waals surface area (Å²) in [5.41, 5.74) is 2.29. The number of hydrogen-bond acceptors (Lipinski definition) is 4. The van der Waals surface area contributed by atoms with Crippen molar-refractivity contribution in [3.8, 4) is 17.2 Å². The topological polar surface area (TPSA) is 76.0 Å². The van der Waals surface area contributed by atoms with E-state index in [-0.39, 0.29) is 12.2 Å². The van der Waals surface area contributed by atoms with Gasteiger partial charge < -0.3 is 19.7 Å². The van der Waals surface area contributed by atoms with Crippen LogP contribution in [0.15, 0.2) is 36.4 Å². The van der Waals surface area contributed by atoms with Crippen molar-refractivity contribution < 1.29 is 24.5 Å². The van der Waals surface area contributed by atoms with Crippen molar-refractivity contribution in [1.82, 2.24) is 0 Å². The third-order valence-corrected chi connectivity index (χ3v) is 3.74. The summed E-state index contributed by atoms with van der Waals surface area (Å²) in [5.74, 6) is -0.818. The van der Waals surface area contributed by atoms with E-state index in [1.54, 1.807) is 18.2 Å². The molecular weight excluding hydrogens is 296 g/mol. The second kappa shape index (κ2) is 7.05. The van der Waals surface area contributed by atoms with Gasteiger partial charge in [0.1, 0.15) is 5.75 Å². The van der Waals surface area contributed by atoms with Crippen LogP contribution in [0.4, 0.5) is 0 Å². The predicted molar refractivity (Wildman–Crippen MR) is 86.5 cm³/mol. The minimum Gasteiger partial charge on any atom is -0.504 e. The average Bonchev–Trinajstić information content (AvgIpc) is 2.52. The van der Waals surface area contributed by atoms with Gasteiger partial charge in [-0.2, -0.15) is 0 Å². The molecule has 5 heteroatoms. The lowest BCUT2D eigenvalue weighted by molar-refractivity contribution is -0.138. The van der Waals surface area contributed by atoms with Gasteiger partial charge in [0.05, 0.1) is 20.1 Å². The Morgan fingerprint density at radius 2 is 1.74 bits per heavy atom. The Kier molecular flexibility index (Phi) is 5.11. The molecule has 1 unspecified atom stereocenters. The molecule has 0 saturated carbocycles. The van der Waals surface area contributed by atoms with Gasteiger partial charge in [0, 0.05) is 5.56 Å². The Balaban J connectivity index is 2.38. The van der Waals surface area contributed by atoms with E-state index in [9.17, 15) is 15.0 Å². The number of phenolic OH excluding ortho intramolecular Hbond substituents is 1. The molecule has 5 nitrogen and oxygen atoms in total. The van der Waals surface area contributed by atoms with E-state index in [1.807, 2.05) is 19.1 Å². The standard InChI is InChI=1S/C18H20O5/c1-11-4-6-16(22-2)13(8-11)14(18(20)21)9-12-5-7-17(23-3)15(19)10-12/h4-8,10,14,19H,9H2,1-3H3,(H,20,21). The van der Waals surface area contributed by atoms with Crippen molar-refractivity contribution in [3.05, 3.63) is 53.1 Å². The normalized spacial score (nSPS) is 11.8. The first-order valence-corrected chi connectivity index (χ1v) is 7.19. The molecule has 2 rings (SSSR count). The van der Waals surface area contributed by atoms with E-state index in [4.69, 9.17) is 9.47 Å². The largest absolute Gasteiger partial charge is 0.504 e. The molecule has 0 aliphatic heterocycles. The molecule has 0 bridgehead atoms. The second-order valence-electron chi connectivity index (χ2n) is 5.35. The summed E-state index contributed by atoms with van der Waals surface area (Å²) in [7, 11) is 2.98. The molecule has 122 valence electrons. The van der Waals surface area contributed by atoms with Gasteiger partial charge in [0.25, 0.3) is 0 Å². The Labute approximate surface area is 135 Å². The van der Waals surface area contributed by atoms with Crippen LogP contribution >= 0.6 is 0 Å². The summed E-state index contributed by atoms with van der Waals surface area (Å²) in [6.07, 6.45) is 0.243. The summed E-state index contributed by atoms with van der Waals surface area (Å²) in [6.45, 7) is 1.90. The van der Waals surface area contributed by atoms with Crippen molar-refractivity contribution in [2.45, 2.75) is 19.3 Å². The number of ether oxygens (including phenoxy) is 2. The summed E-state index contributed by atoms with van der Waals surface area (Å²) in [5, 5.41) is 19.5. The lowest BCUT2D eigenvalue weighted by atomic mass is 9.90. The maximum atomic E-state index is 11.7. The number of carboxylic acid groups (broad SMARTS) is 1. The van der Waals surface area contributed by atoms with E-state index >= 15 is 0 Å². The third kappa shape index (κ3) is 3.74. The molecule has 0 aliphatic rings. The van der Waals surface area contributed by atoms with E-state index < -0.39 is 11.9 Å². The minimum absolute atomic E-state index is 0.00894. The molecule has 0 aliphatic carbocycles. The van der Waals surface area contributed by atoms with Gasteiger partial charge in [-0.05, 0) is 37.1 Å². The Morgan fingerprint density at radius 3 is 2.30 bits per heavy atom. The van der Waals surface area contributed by atoms with Crippen LogP contribution in [0.3, 0.4) is 0 Å². The second-order valence-corrected chi connectivity index (χ2v) is 5.35. The number of carboxylic acids is 1. The van der Waals surface area contributed by atoms with Crippen LogP contribution in [0, 0.1) is 6.92 Å². The summed E-state index contributed by atoms with van der Waals surface area (Å²) < 4.78 is 10.3. The lowest BCUT2D eigenvalue weighted by Gasteiger charge is -2.17. The lowest BCUT2D eigenvalue weighted by Crippen LogP contribution is -2.15. The SMILES string of the molecule is COc1ccc(CC(C(=O)O)c2cc(C)ccc2OC)cc1O. The maximum absolute atomic E-state index is 11.7. The Hall–Kier alpha value is -2.69. The molecule has 0 amide bonds. The number of aromatic hydroxyl groups is 1. The highest BCUT2D eigenvalue weighted by atomic mass is 16.5. The molecule has 23 heavy (non-hydrogen) atoms. The first-order valence-electron chi connectivity index (χ1n) is 7.19. The molecule has 0 radical (unpaired) electrons. The van der Waals surface area contributed by atoms with Crippen molar-refractivity contribution in [2.75, 3.05) is 14.2 Å². The number of aliphatic carboxylic acids is 1. The fourth-order valence-electron chi connectivity index (χ4n) is 2.55. The number of aryl methyl sites for hydroxylation is 1. The molecule has 1 atom stereocenters. The van der Waals surface area contributed by atoms with E-state index in [2.05, 4.69) is 0 Å². The molecule has 2 aromatic carbocycles. The first kappa shape index (κ1) is 16.7. The quantitative estimate of drug-likeness (QED) is 0.856. The van der Waals surface area contributed by atoms with Gasteiger partial charge in [0.15, 0.2) is 11.5 Å². The highest BCUT2D eigenvalue weighted by Crippen LogP contribution is 2.33. The van der Waals surface area contributed by atoms with Crippen LogP contribution in [0.5, 0.6) is 17.2 Å². The van der Waals surface area contributed by atoms with Crippen LogP contribution in [0.1, 0.15) is 22.6 Å². The summed E-state index contributed by atoms with van der Waals surface area (Å²) >= 11 is 0. The third-order valence-electron chi connectivity index (χ3n) is 3.74. The van der Waals surface area contributed by atoms with Crippen molar-refractivity contribution >= 4 is 5.97 Å². The van der Waals surface area contributed by atoms with E-state index in [0.717, 1.165) is 5.56 Å². The first-order chi connectivity index (χ1) is 11.0. The maximum Gasteiger partial charge on any atom is 0.311 e. The van der Waals surface area contributed by atoms with Gasteiger partial charge in [-0.1, -0.05) is 23.8 Å². The molecule has 2 aromatic rings. The molecule has 0 fully saturated rings. The molecule has 2 N–H and O–H groups in total. The van der Waals surface area contributed by atoms with Crippen LogP contribution in [-0.2, 0) is 11.2 Å². The van der Waals surface area contributed by atoms with E-state index in [0.29, 0.717) is 22.6 Å². The zero-order chi connectivity index (χ0) is 17.0. The van der Waals surface area contributed by atoms with E-state index in [1.165, 1.54) is 20.3 Å². The Morgan fingerprint density at radius 1 is 1.09 bits per heavy atom. The van der Waals surface area contributed by atoms with Gasteiger partial charge >= 0.3 is 5.97 Å². The average molecular weight is 316 g/mol. The zero-order valence-corrected chi connectivity index (χ0v) is 13.4. The molecule has 0 aromatic heterocycles. The van der Waals surface area contributed by atoms with Crippen molar-refractivity contribution in [2.24, 2.45) is 0 Å². The van der Waals surface area contributed by atoms with Crippen molar-refractivity contribution in [3.63, 3.8) is 0 Å². The summed E-state index contributed by atoms with van der Waals surface area (Å²) in [4.78, 5) is 11.7. The van der Waals surface area contributed by atoms with Crippen molar-refractivity contribution in [1.29, 1.82) is 0 Å². The molecule has 0 spiro atoms. The minimum atomic E-state index is -0.941. The van der Waals surface area contributed by atoms with Gasteiger partial charge in [0.2, 0.25) is 0 Å². The molecule has 0 heterocycles. The smallest absolute Gasteiger partial charge is 0.311 e. The highest BCUT2D eigenvalue weighted by Gasteiger charge is 2.24. The number of rotatable bonds is 6. The summed E-state index contributed by atoms with van der Waals surface area (Å²) in [6, 6.07) is 10.4. The van der Waals surface area contributed by atoms with Gasteiger partial charge in [-0.15, -0.1) is 0 Å². The number of carbonyl (C=O) groups is 1. The highest BCUT2D eigenvalue weighted by molar-refractivity contribution is 5.78. The van der Waals surface area contributed by atoms with Gasteiger partial charge in [-0.3, -0.25) is 4.79 Å². The van der Waals surface area contributed by atoms with Crippen LogP contribution in [-0.4, -0.2) is 30.4 Å². The van der Waals surface area contributed by atoms with Crippen LogP contribution in [0.25, 0.3) is 0 Å². The number of benzene rings is 2. The predicted octanol–water partition coefficient (Wildman–Crippen LogP) is 3.13. The fourth-order valence-corrected chi connectivity index (χ4v) is 2.55.